The van der Waals surface area contributed by atoms with Gasteiger partial charge in [-0.25, -0.2) is 0 Å². The summed E-state index contributed by atoms with van der Waals surface area (Å²) in [6, 6.07) is 6.02. The SMILES string of the molecule is CN(C)C=CC(=CC(=O)C(F)(F)F)Nc1ccccc1O. The largest absolute Gasteiger partial charge is 0.506 e. The van der Waals surface area contributed by atoms with Gasteiger partial charge in [0.15, 0.2) is 0 Å². The van der Waals surface area contributed by atoms with Crippen LogP contribution in [0.3, 0.4) is 0 Å². The molecule has 0 heterocycles. The summed E-state index contributed by atoms with van der Waals surface area (Å²) in [7, 11) is 3.36. The number of rotatable bonds is 5. The van der Waals surface area contributed by atoms with Crippen molar-refractivity contribution < 1.29 is 23.1 Å². The van der Waals surface area contributed by atoms with E-state index in [2.05, 4.69) is 5.32 Å². The van der Waals surface area contributed by atoms with Crippen molar-refractivity contribution in [3.63, 3.8) is 0 Å². The number of carbonyl (C=O) groups is 1. The predicted molar refractivity (Wildman–Crippen MR) is 73.7 cm³/mol. The van der Waals surface area contributed by atoms with Crippen molar-refractivity contribution in [2.24, 2.45) is 0 Å². The lowest BCUT2D eigenvalue weighted by atomic mass is 10.2. The molecule has 1 aromatic carbocycles. The molecule has 2 N–H and O–H groups in total. The van der Waals surface area contributed by atoms with Gasteiger partial charge in [-0.05, 0) is 18.2 Å². The van der Waals surface area contributed by atoms with Crippen molar-refractivity contribution >= 4 is 11.5 Å². The van der Waals surface area contributed by atoms with Crippen LogP contribution >= 0.6 is 0 Å². The smallest absolute Gasteiger partial charge is 0.454 e. The molecule has 0 aliphatic carbocycles. The van der Waals surface area contributed by atoms with Crippen molar-refractivity contribution in [3.05, 3.63) is 48.3 Å². The predicted octanol–water partition coefficient (Wildman–Crippen LogP) is 2.89. The number of halogens is 3. The van der Waals surface area contributed by atoms with Gasteiger partial charge < -0.3 is 15.3 Å². The molecule has 0 amide bonds. The highest BCUT2D eigenvalue weighted by Gasteiger charge is 2.36. The van der Waals surface area contributed by atoms with Gasteiger partial charge in [0.05, 0.1) is 5.69 Å². The first-order valence-corrected chi connectivity index (χ1v) is 5.92. The van der Waals surface area contributed by atoms with E-state index in [1.54, 1.807) is 31.1 Å². The number of carbonyl (C=O) groups excluding carboxylic acids is 1. The molecule has 0 saturated carbocycles. The average Bonchev–Trinajstić information content (AvgIpc) is 2.37. The minimum Gasteiger partial charge on any atom is -0.506 e. The third-order valence-corrected chi connectivity index (χ3v) is 2.30. The molecule has 0 bridgehead atoms. The van der Waals surface area contributed by atoms with E-state index in [1.807, 2.05) is 0 Å². The Morgan fingerprint density at radius 2 is 1.90 bits per heavy atom. The Kier molecular flexibility index (Phi) is 5.40. The number of para-hydroxylation sites is 2. The molecular weight excluding hydrogens is 285 g/mol. The lowest BCUT2D eigenvalue weighted by Gasteiger charge is -2.11. The third-order valence-electron chi connectivity index (χ3n) is 2.30. The summed E-state index contributed by atoms with van der Waals surface area (Å²) in [5, 5.41) is 12.2. The second-order valence-electron chi connectivity index (χ2n) is 4.38. The monoisotopic (exact) mass is 300 g/mol. The van der Waals surface area contributed by atoms with Crippen LogP contribution in [0, 0.1) is 0 Å². The summed E-state index contributed by atoms with van der Waals surface area (Å²) in [6.45, 7) is 0. The van der Waals surface area contributed by atoms with Gasteiger partial charge >= 0.3 is 6.18 Å². The first-order chi connectivity index (χ1) is 9.70. The molecule has 0 atom stereocenters. The molecule has 0 spiro atoms. The Morgan fingerprint density at radius 3 is 2.43 bits per heavy atom. The fourth-order valence-corrected chi connectivity index (χ4v) is 1.31. The second kappa shape index (κ2) is 6.83. The molecule has 1 aromatic rings. The fraction of sp³-hybridized carbons (Fsp3) is 0.214. The van der Waals surface area contributed by atoms with Gasteiger partial charge in [-0.3, -0.25) is 4.79 Å². The van der Waals surface area contributed by atoms with Crippen LogP contribution in [0.25, 0.3) is 0 Å². The van der Waals surface area contributed by atoms with Crippen molar-refractivity contribution in [2.75, 3.05) is 19.4 Å². The zero-order chi connectivity index (χ0) is 16.0. The number of benzene rings is 1. The quantitative estimate of drug-likeness (QED) is 0.499. The van der Waals surface area contributed by atoms with Crippen LogP contribution in [0.4, 0.5) is 18.9 Å². The van der Waals surface area contributed by atoms with E-state index >= 15 is 0 Å². The average molecular weight is 300 g/mol. The molecule has 4 nitrogen and oxygen atoms in total. The zero-order valence-corrected chi connectivity index (χ0v) is 11.5. The van der Waals surface area contributed by atoms with E-state index < -0.39 is 12.0 Å². The van der Waals surface area contributed by atoms with E-state index in [1.165, 1.54) is 24.4 Å². The minimum absolute atomic E-state index is 0.0903. The number of hydrogen-bond donors (Lipinski definition) is 2. The first kappa shape index (κ1) is 16.6. The summed E-state index contributed by atoms with van der Waals surface area (Å²) in [4.78, 5) is 12.6. The molecule has 0 radical (unpaired) electrons. The normalized spacial score (nSPS) is 12.5. The standard InChI is InChI=1S/C14H15F3N2O2/c1-19(2)8-7-10(9-13(21)14(15,16)17)18-11-5-3-4-6-12(11)20/h3-9,18,20H,1-2H3. The van der Waals surface area contributed by atoms with E-state index in [9.17, 15) is 23.1 Å². The van der Waals surface area contributed by atoms with Gasteiger partial charge in [0.2, 0.25) is 0 Å². The topological polar surface area (TPSA) is 52.6 Å². The lowest BCUT2D eigenvalue weighted by molar-refractivity contribution is -0.165. The Hall–Kier alpha value is -2.44. The van der Waals surface area contributed by atoms with Crippen molar-refractivity contribution in [3.8, 4) is 5.75 Å². The molecular formula is C14H15F3N2O2. The third kappa shape index (κ3) is 5.60. The molecule has 21 heavy (non-hydrogen) atoms. The van der Waals surface area contributed by atoms with E-state index in [0.717, 1.165) is 0 Å². The number of phenolic OH excluding ortho intramolecular Hbond substituents is 1. The molecule has 0 aliphatic heterocycles. The molecule has 1 rings (SSSR count). The van der Waals surface area contributed by atoms with Crippen LogP contribution in [0.15, 0.2) is 48.3 Å². The number of phenols is 1. The Bertz CT molecular complexity index is 564. The zero-order valence-electron chi connectivity index (χ0n) is 11.5. The van der Waals surface area contributed by atoms with Gasteiger partial charge in [0.25, 0.3) is 5.78 Å². The summed E-state index contributed by atoms with van der Waals surface area (Å²) in [6.07, 6.45) is -1.73. The van der Waals surface area contributed by atoms with Crippen LogP contribution in [-0.2, 0) is 4.79 Å². The molecule has 0 unspecified atom stereocenters. The molecule has 0 saturated heterocycles. The summed E-state index contributed by atoms with van der Waals surface area (Å²) < 4.78 is 37.0. The first-order valence-electron chi connectivity index (χ1n) is 5.92. The van der Waals surface area contributed by atoms with Gasteiger partial charge in [-0.2, -0.15) is 13.2 Å². The Balaban J connectivity index is 3.06. The van der Waals surface area contributed by atoms with Crippen LogP contribution in [-0.4, -0.2) is 36.1 Å². The summed E-state index contributed by atoms with van der Waals surface area (Å²) in [5.41, 5.74) is 0.106. The number of nitrogens with one attached hydrogen (secondary N) is 1. The number of anilines is 1. The Labute approximate surface area is 120 Å². The number of allylic oxidation sites excluding steroid dienone is 2. The summed E-state index contributed by atoms with van der Waals surface area (Å²) >= 11 is 0. The van der Waals surface area contributed by atoms with E-state index in [4.69, 9.17) is 0 Å². The van der Waals surface area contributed by atoms with Crippen molar-refractivity contribution in [1.82, 2.24) is 4.90 Å². The number of ketones is 1. The number of nitrogens with zero attached hydrogens (tertiary/aromatic N) is 1. The lowest BCUT2D eigenvalue weighted by Crippen LogP contribution is -2.21. The maximum absolute atomic E-state index is 12.3. The number of hydrogen-bond acceptors (Lipinski definition) is 4. The molecule has 114 valence electrons. The van der Waals surface area contributed by atoms with Gasteiger partial charge in [0.1, 0.15) is 5.75 Å². The second-order valence-corrected chi connectivity index (χ2v) is 4.38. The number of alkyl halides is 3. The molecule has 7 heteroatoms. The van der Waals surface area contributed by atoms with Crippen LogP contribution in [0.2, 0.25) is 0 Å². The van der Waals surface area contributed by atoms with E-state index in [-0.39, 0.29) is 17.1 Å². The molecule has 0 fully saturated rings. The minimum atomic E-state index is -4.95. The van der Waals surface area contributed by atoms with Crippen molar-refractivity contribution in [1.29, 1.82) is 0 Å². The maximum Gasteiger partial charge on any atom is 0.454 e. The van der Waals surface area contributed by atoms with Crippen LogP contribution in [0.1, 0.15) is 0 Å². The highest BCUT2D eigenvalue weighted by molar-refractivity contribution is 5.95. The van der Waals surface area contributed by atoms with Gasteiger partial charge in [0, 0.05) is 32.1 Å². The van der Waals surface area contributed by atoms with Crippen LogP contribution in [0.5, 0.6) is 5.75 Å². The highest BCUT2D eigenvalue weighted by Crippen LogP contribution is 2.24. The summed E-state index contributed by atoms with van der Waals surface area (Å²) in [5.74, 6) is -2.12. The van der Waals surface area contributed by atoms with E-state index in [0.29, 0.717) is 6.08 Å². The number of aromatic hydroxyl groups is 1. The van der Waals surface area contributed by atoms with Gasteiger partial charge in [-0.1, -0.05) is 12.1 Å². The Morgan fingerprint density at radius 1 is 1.29 bits per heavy atom. The highest BCUT2D eigenvalue weighted by atomic mass is 19.4. The maximum atomic E-state index is 12.3. The fourth-order valence-electron chi connectivity index (χ4n) is 1.31. The molecule has 0 aliphatic rings. The van der Waals surface area contributed by atoms with Gasteiger partial charge in [-0.15, -0.1) is 0 Å². The van der Waals surface area contributed by atoms with Crippen molar-refractivity contribution in [2.45, 2.75) is 6.18 Å². The van der Waals surface area contributed by atoms with Crippen LogP contribution < -0.4 is 5.32 Å². The molecule has 0 aromatic heterocycles.